The molecule has 0 atom stereocenters. The van der Waals surface area contributed by atoms with Gasteiger partial charge in [-0.1, -0.05) is 177 Å². The van der Waals surface area contributed by atoms with Gasteiger partial charge in [0.25, 0.3) is 0 Å². The summed E-state index contributed by atoms with van der Waals surface area (Å²) in [6, 6.07) is 55.3. The molecule has 0 bridgehead atoms. The van der Waals surface area contributed by atoms with E-state index < -0.39 is 7.14 Å². The lowest BCUT2D eigenvalue weighted by Gasteiger charge is -2.39. The van der Waals surface area contributed by atoms with Gasteiger partial charge in [-0.05, 0) is 59.6 Å². The minimum absolute atomic E-state index is 0.0454. The molecule has 52 heavy (non-hydrogen) atoms. The van der Waals surface area contributed by atoms with Gasteiger partial charge in [0.1, 0.15) is 7.14 Å². The smallest absolute Gasteiger partial charge is 0.164 e. The van der Waals surface area contributed by atoms with Gasteiger partial charge in [-0.25, -0.2) is 15.0 Å². The van der Waals surface area contributed by atoms with Gasteiger partial charge in [-0.3, -0.25) is 0 Å². The van der Waals surface area contributed by atoms with E-state index in [1.54, 1.807) is 0 Å². The molecule has 6 aromatic carbocycles. The molecule has 0 spiro atoms. The molecule has 1 heterocycles. The molecular weight excluding hydrogens is 654 g/mol. The monoisotopic (exact) mass is 695 g/mol. The third kappa shape index (κ3) is 6.92. The van der Waals surface area contributed by atoms with Crippen LogP contribution in [-0.2, 0) is 9.98 Å². The molecule has 4 nitrogen and oxygen atoms in total. The Kier molecular flexibility index (Phi) is 9.26. The molecule has 0 N–H and O–H groups in total. The Balaban J connectivity index is 1.12. The number of nitrogens with zero attached hydrogens (tertiary/aromatic N) is 3. The third-order valence-corrected chi connectivity index (χ3v) is 12.1. The molecule has 256 valence electrons. The highest BCUT2D eigenvalue weighted by atomic mass is 31.2. The maximum absolute atomic E-state index is 12.5. The van der Waals surface area contributed by atoms with E-state index in [1.807, 2.05) is 61.9 Å². The number of benzene rings is 6. The Morgan fingerprint density at radius 3 is 1.17 bits per heavy atom. The van der Waals surface area contributed by atoms with Crippen LogP contribution in [0.3, 0.4) is 0 Å². The van der Waals surface area contributed by atoms with E-state index >= 15 is 0 Å². The summed E-state index contributed by atoms with van der Waals surface area (Å²) < 4.78 is 12.5. The van der Waals surface area contributed by atoms with Crippen LogP contribution in [0.1, 0.15) is 43.2 Å². The van der Waals surface area contributed by atoms with Crippen molar-refractivity contribution in [2.24, 2.45) is 0 Å². The largest absolute Gasteiger partial charge is 0.319 e. The molecule has 1 aliphatic rings. The average Bonchev–Trinajstić information content (AvgIpc) is 3.21. The molecule has 1 aliphatic carbocycles. The van der Waals surface area contributed by atoms with Crippen molar-refractivity contribution < 1.29 is 4.57 Å². The topological polar surface area (TPSA) is 55.7 Å². The van der Waals surface area contributed by atoms with E-state index in [1.165, 1.54) is 41.5 Å². The summed E-state index contributed by atoms with van der Waals surface area (Å²) in [6.45, 7) is 3.64. The van der Waals surface area contributed by atoms with Crippen molar-refractivity contribution in [3.63, 3.8) is 0 Å². The van der Waals surface area contributed by atoms with Crippen molar-refractivity contribution in [1.29, 1.82) is 0 Å². The summed E-state index contributed by atoms with van der Waals surface area (Å²) in [4.78, 5) is 15.0. The first kappa shape index (κ1) is 33.7. The number of rotatable bonds is 8. The average molecular weight is 696 g/mol. The molecule has 5 heteroatoms. The summed E-state index contributed by atoms with van der Waals surface area (Å²) in [7, 11) is -2.28. The normalized spacial score (nSPS) is 14.2. The van der Waals surface area contributed by atoms with Crippen molar-refractivity contribution in [3.8, 4) is 56.4 Å². The first-order valence-electron chi connectivity index (χ1n) is 18.2. The third-order valence-electron chi connectivity index (χ3n) is 10.6. The molecule has 8 rings (SSSR count). The van der Waals surface area contributed by atoms with Gasteiger partial charge in [0.15, 0.2) is 17.5 Å². The number of aromatic nitrogens is 3. The zero-order valence-electron chi connectivity index (χ0n) is 29.7. The summed E-state index contributed by atoms with van der Waals surface area (Å²) >= 11 is 0. The molecule has 1 fully saturated rings. The van der Waals surface area contributed by atoms with Crippen LogP contribution in [0.5, 0.6) is 0 Å². The maximum Gasteiger partial charge on any atom is 0.164 e. The highest BCUT2D eigenvalue weighted by Crippen LogP contribution is 2.46. The summed E-state index contributed by atoms with van der Waals surface area (Å²) in [5, 5.41) is 0.916. The van der Waals surface area contributed by atoms with Gasteiger partial charge >= 0.3 is 0 Å². The van der Waals surface area contributed by atoms with E-state index in [9.17, 15) is 4.57 Å². The van der Waals surface area contributed by atoms with E-state index in [0.717, 1.165) is 46.0 Å². The van der Waals surface area contributed by atoms with Crippen LogP contribution >= 0.6 is 7.14 Å². The Labute approximate surface area is 307 Å². The van der Waals surface area contributed by atoms with Crippen molar-refractivity contribution in [2.75, 3.05) is 13.3 Å². The molecule has 7 aromatic rings. The van der Waals surface area contributed by atoms with Crippen molar-refractivity contribution in [1.82, 2.24) is 15.0 Å². The maximum atomic E-state index is 12.5. The van der Waals surface area contributed by atoms with Crippen LogP contribution in [0, 0.1) is 0 Å². The van der Waals surface area contributed by atoms with Gasteiger partial charge in [-0.15, -0.1) is 0 Å². The predicted octanol–water partition coefficient (Wildman–Crippen LogP) is 11.7. The Morgan fingerprint density at radius 2 is 0.731 bits per heavy atom. The second-order valence-electron chi connectivity index (χ2n) is 14.3. The molecule has 0 radical (unpaired) electrons. The van der Waals surface area contributed by atoms with Gasteiger partial charge in [0, 0.05) is 27.4 Å². The number of hydrogen-bond acceptors (Lipinski definition) is 4. The van der Waals surface area contributed by atoms with Crippen LogP contribution in [0.2, 0.25) is 0 Å². The summed E-state index contributed by atoms with van der Waals surface area (Å²) in [6.07, 6.45) is 5.93. The molecule has 0 unspecified atom stereocenters. The predicted molar refractivity (Wildman–Crippen MR) is 216 cm³/mol. The molecule has 0 saturated heterocycles. The quantitative estimate of drug-likeness (QED) is 0.149. The number of hydrogen-bond donors (Lipinski definition) is 0. The molecule has 1 saturated carbocycles. The van der Waals surface area contributed by atoms with Crippen LogP contribution in [-0.4, -0.2) is 28.3 Å². The molecule has 0 amide bonds. The lowest BCUT2D eigenvalue weighted by molar-refractivity contribution is 0.346. The minimum Gasteiger partial charge on any atom is -0.319 e. The first-order valence-corrected chi connectivity index (χ1v) is 20.8. The standard InChI is InChI=1S/C47H42N3OP/c1-52(2,51)43-30-24-37(25-31-43)36-20-26-41(27-21-36)47(32-10-5-11-33-47)42-28-22-40(23-29-42)46-49-44(38-14-8-4-9-15-38)48-45(50-46)39-18-16-35(17-19-39)34-12-6-3-7-13-34/h3-4,6-9,12-31H,5,10-11,32-33H2,1-2H3. The van der Waals surface area contributed by atoms with E-state index in [4.69, 9.17) is 15.0 Å². The van der Waals surface area contributed by atoms with Crippen LogP contribution in [0.15, 0.2) is 158 Å². The molecule has 0 aliphatic heterocycles. The van der Waals surface area contributed by atoms with Crippen molar-refractivity contribution >= 4 is 12.4 Å². The lowest BCUT2D eigenvalue weighted by Crippen LogP contribution is -2.30. The lowest BCUT2D eigenvalue weighted by atomic mass is 9.65. The van der Waals surface area contributed by atoms with Crippen LogP contribution in [0.25, 0.3) is 56.4 Å². The second kappa shape index (κ2) is 14.3. The van der Waals surface area contributed by atoms with Crippen LogP contribution in [0.4, 0.5) is 0 Å². The Hall–Kier alpha value is -5.44. The van der Waals surface area contributed by atoms with Gasteiger partial charge in [0.2, 0.25) is 0 Å². The van der Waals surface area contributed by atoms with Gasteiger partial charge < -0.3 is 4.57 Å². The van der Waals surface area contributed by atoms with Gasteiger partial charge in [-0.2, -0.15) is 0 Å². The fourth-order valence-electron chi connectivity index (χ4n) is 7.63. The fourth-order valence-corrected chi connectivity index (χ4v) is 8.49. The van der Waals surface area contributed by atoms with E-state index in [0.29, 0.717) is 17.5 Å². The van der Waals surface area contributed by atoms with Crippen molar-refractivity contribution in [2.45, 2.75) is 37.5 Å². The molecular formula is C47H42N3OP. The Bertz CT molecular complexity index is 2330. The summed E-state index contributed by atoms with van der Waals surface area (Å²) in [5.41, 5.74) is 10.2. The minimum atomic E-state index is -2.28. The zero-order valence-corrected chi connectivity index (χ0v) is 30.6. The first-order chi connectivity index (χ1) is 25.4. The van der Waals surface area contributed by atoms with Crippen LogP contribution < -0.4 is 5.30 Å². The second-order valence-corrected chi connectivity index (χ2v) is 17.5. The summed E-state index contributed by atoms with van der Waals surface area (Å²) in [5.74, 6) is 1.98. The van der Waals surface area contributed by atoms with Gasteiger partial charge in [0.05, 0.1) is 0 Å². The molecule has 1 aromatic heterocycles. The van der Waals surface area contributed by atoms with E-state index in [-0.39, 0.29) is 5.41 Å². The zero-order chi connectivity index (χ0) is 35.5. The highest BCUT2D eigenvalue weighted by molar-refractivity contribution is 7.70. The SMILES string of the molecule is CP(C)(=O)c1ccc(-c2ccc(C3(c4ccc(-c5nc(-c6ccccc6)nc(-c6ccc(-c7ccccc7)cc6)n5)cc4)CCCCC3)cc2)cc1. The fraction of sp³-hybridized carbons (Fsp3) is 0.170. The highest BCUT2D eigenvalue weighted by Gasteiger charge is 2.35. The van der Waals surface area contributed by atoms with E-state index in [2.05, 4.69) is 109 Å². The van der Waals surface area contributed by atoms with Crippen molar-refractivity contribution in [3.05, 3.63) is 169 Å². The Morgan fingerprint density at radius 1 is 0.404 bits per heavy atom.